The number of guanidine groups is 1. The minimum atomic E-state index is -0.164. The normalized spacial score (nSPS) is 11.6. The zero-order valence-electron chi connectivity index (χ0n) is 14.3. The molecule has 24 heavy (non-hydrogen) atoms. The van der Waals surface area contributed by atoms with Crippen molar-refractivity contribution in [3.05, 3.63) is 52.0 Å². The van der Waals surface area contributed by atoms with E-state index in [2.05, 4.69) is 31.3 Å². The highest BCUT2D eigenvalue weighted by Gasteiger charge is 2.08. The lowest BCUT2D eigenvalue weighted by Crippen LogP contribution is -2.38. The number of nitrogens with one attached hydrogen (secondary N) is 1. The molecule has 1 N–H and O–H groups in total. The second kappa shape index (κ2) is 8.82. The molecule has 0 unspecified atom stereocenters. The molecule has 0 radical (unpaired) electrons. The third-order valence-corrected chi connectivity index (χ3v) is 4.17. The van der Waals surface area contributed by atoms with Crippen LogP contribution in [0.4, 0.5) is 4.39 Å². The van der Waals surface area contributed by atoms with E-state index in [0.717, 1.165) is 41.1 Å². The van der Waals surface area contributed by atoms with Crippen molar-refractivity contribution in [1.82, 2.24) is 20.0 Å². The topological polar surface area (TPSA) is 45.5 Å². The van der Waals surface area contributed by atoms with Gasteiger partial charge in [0.15, 0.2) is 5.96 Å². The molecule has 0 aliphatic carbocycles. The first-order chi connectivity index (χ1) is 11.5. The Kier molecular flexibility index (Phi) is 6.78. The number of hydrogen-bond acceptors (Lipinski definition) is 2. The Hall–Kier alpha value is -1.89. The van der Waals surface area contributed by atoms with E-state index in [1.165, 1.54) is 6.07 Å². The summed E-state index contributed by atoms with van der Waals surface area (Å²) in [5, 5.41) is 7.48. The highest BCUT2D eigenvalue weighted by atomic mass is 79.9. The van der Waals surface area contributed by atoms with Gasteiger partial charge in [0.05, 0.1) is 6.20 Å². The molecule has 2 rings (SSSR count). The summed E-state index contributed by atoms with van der Waals surface area (Å²) in [6.45, 7) is 1.47. The predicted molar refractivity (Wildman–Crippen MR) is 98.5 cm³/mol. The number of halogens is 2. The monoisotopic (exact) mass is 395 g/mol. The number of nitrogens with zero attached hydrogens (tertiary/aromatic N) is 4. The standard InChI is InChI=1S/C17H23BrFN5/c1-20-17(23(2)11-13-10-22-24(3)12-13)21-8-4-5-14-6-7-15(18)9-16(14)19/h6-7,9-10,12H,4-5,8,11H2,1-3H3,(H,20,21). The Morgan fingerprint density at radius 3 is 2.88 bits per heavy atom. The van der Waals surface area contributed by atoms with Crippen LogP contribution in [-0.4, -0.2) is 41.3 Å². The summed E-state index contributed by atoms with van der Waals surface area (Å²) in [6.07, 6.45) is 5.36. The molecule has 0 aliphatic rings. The van der Waals surface area contributed by atoms with Gasteiger partial charge >= 0.3 is 0 Å². The molecule has 0 fully saturated rings. The first kappa shape index (κ1) is 18.4. The molecule has 7 heteroatoms. The fourth-order valence-electron chi connectivity index (χ4n) is 2.49. The first-order valence-corrected chi connectivity index (χ1v) is 8.62. The van der Waals surface area contributed by atoms with E-state index < -0.39 is 0 Å². The van der Waals surface area contributed by atoms with Crippen molar-refractivity contribution in [3.8, 4) is 0 Å². The minimum Gasteiger partial charge on any atom is -0.356 e. The van der Waals surface area contributed by atoms with Crippen molar-refractivity contribution in [2.24, 2.45) is 12.0 Å². The van der Waals surface area contributed by atoms with Crippen LogP contribution in [0, 0.1) is 5.82 Å². The van der Waals surface area contributed by atoms with Gasteiger partial charge < -0.3 is 10.2 Å². The molecular weight excluding hydrogens is 373 g/mol. The number of aryl methyl sites for hydroxylation is 2. The molecule has 130 valence electrons. The second-order valence-corrected chi connectivity index (χ2v) is 6.61. The molecule has 0 atom stereocenters. The van der Waals surface area contributed by atoms with Gasteiger partial charge in [0, 0.05) is 50.5 Å². The Bertz CT molecular complexity index is 698. The quantitative estimate of drug-likeness (QED) is 0.464. The number of aliphatic imine (C=N–C) groups is 1. The van der Waals surface area contributed by atoms with Crippen LogP contribution in [0.25, 0.3) is 0 Å². The van der Waals surface area contributed by atoms with Crippen LogP contribution in [0.5, 0.6) is 0 Å². The van der Waals surface area contributed by atoms with E-state index in [1.807, 2.05) is 43.5 Å². The Labute approximate surface area is 150 Å². The number of aromatic nitrogens is 2. The zero-order valence-corrected chi connectivity index (χ0v) is 15.8. The van der Waals surface area contributed by atoms with E-state index in [9.17, 15) is 4.39 Å². The van der Waals surface area contributed by atoms with Crippen LogP contribution in [0.3, 0.4) is 0 Å². The Morgan fingerprint density at radius 2 is 2.25 bits per heavy atom. The molecule has 0 bridgehead atoms. The molecule has 1 aromatic carbocycles. The Balaban J connectivity index is 1.78. The summed E-state index contributed by atoms with van der Waals surface area (Å²) in [4.78, 5) is 6.33. The van der Waals surface area contributed by atoms with Gasteiger partial charge in [0.2, 0.25) is 0 Å². The molecule has 0 saturated heterocycles. The highest BCUT2D eigenvalue weighted by molar-refractivity contribution is 9.10. The maximum Gasteiger partial charge on any atom is 0.193 e. The third-order valence-electron chi connectivity index (χ3n) is 3.67. The fourth-order valence-corrected chi connectivity index (χ4v) is 2.82. The maximum atomic E-state index is 13.8. The lowest BCUT2D eigenvalue weighted by atomic mass is 10.1. The van der Waals surface area contributed by atoms with Crippen molar-refractivity contribution >= 4 is 21.9 Å². The number of rotatable bonds is 6. The summed E-state index contributed by atoms with van der Waals surface area (Å²) < 4.78 is 16.3. The van der Waals surface area contributed by atoms with Gasteiger partial charge in [-0.3, -0.25) is 9.67 Å². The summed E-state index contributed by atoms with van der Waals surface area (Å²) >= 11 is 3.27. The molecule has 2 aromatic rings. The average Bonchev–Trinajstić information content (AvgIpc) is 2.94. The molecule has 0 amide bonds. The molecule has 1 aromatic heterocycles. The van der Waals surface area contributed by atoms with Crippen LogP contribution in [0.15, 0.2) is 40.1 Å². The van der Waals surface area contributed by atoms with E-state index in [-0.39, 0.29) is 5.82 Å². The average molecular weight is 396 g/mol. The van der Waals surface area contributed by atoms with Gasteiger partial charge in [-0.05, 0) is 30.5 Å². The van der Waals surface area contributed by atoms with Gasteiger partial charge in [-0.15, -0.1) is 0 Å². The Morgan fingerprint density at radius 1 is 1.46 bits per heavy atom. The fraction of sp³-hybridized carbons (Fsp3) is 0.412. The largest absolute Gasteiger partial charge is 0.356 e. The van der Waals surface area contributed by atoms with Crippen LogP contribution in [0.2, 0.25) is 0 Å². The van der Waals surface area contributed by atoms with Gasteiger partial charge in [-0.25, -0.2) is 4.39 Å². The van der Waals surface area contributed by atoms with Crippen molar-refractivity contribution in [3.63, 3.8) is 0 Å². The number of hydrogen-bond donors (Lipinski definition) is 1. The molecule has 5 nitrogen and oxygen atoms in total. The van der Waals surface area contributed by atoms with Crippen LogP contribution in [-0.2, 0) is 20.0 Å². The van der Waals surface area contributed by atoms with Crippen molar-refractivity contribution in [1.29, 1.82) is 0 Å². The lowest BCUT2D eigenvalue weighted by molar-refractivity contribution is 0.475. The summed E-state index contributed by atoms with van der Waals surface area (Å²) in [5.41, 5.74) is 1.86. The van der Waals surface area contributed by atoms with E-state index in [1.54, 1.807) is 11.7 Å². The molecular formula is C17H23BrFN5. The number of benzene rings is 1. The van der Waals surface area contributed by atoms with Crippen LogP contribution < -0.4 is 5.32 Å². The second-order valence-electron chi connectivity index (χ2n) is 5.69. The first-order valence-electron chi connectivity index (χ1n) is 7.83. The molecule has 0 aliphatic heterocycles. The summed E-state index contributed by atoms with van der Waals surface area (Å²) in [6, 6.07) is 5.19. The van der Waals surface area contributed by atoms with Crippen LogP contribution in [0.1, 0.15) is 17.5 Å². The van der Waals surface area contributed by atoms with Crippen LogP contribution >= 0.6 is 15.9 Å². The van der Waals surface area contributed by atoms with Gasteiger partial charge in [-0.1, -0.05) is 22.0 Å². The highest BCUT2D eigenvalue weighted by Crippen LogP contribution is 2.16. The lowest BCUT2D eigenvalue weighted by Gasteiger charge is -2.21. The van der Waals surface area contributed by atoms with Gasteiger partial charge in [-0.2, -0.15) is 5.10 Å². The van der Waals surface area contributed by atoms with E-state index in [4.69, 9.17) is 0 Å². The van der Waals surface area contributed by atoms with Crippen molar-refractivity contribution in [2.75, 3.05) is 20.6 Å². The predicted octanol–water partition coefficient (Wildman–Crippen LogP) is 2.96. The van der Waals surface area contributed by atoms with Gasteiger partial charge in [0.25, 0.3) is 0 Å². The SMILES string of the molecule is CN=C(NCCCc1ccc(Br)cc1F)N(C)Cc1cnn(C)c1. The molecule has 0 spiro atoms. The minimum absolute atomic E-state index is 0.164. The van der Waals surface area contributed by atoms with Gasteiger partial charge in [0.1, 0.15) is 5.82 Å². The maximum absolute atomic E-state index is 13.8. The van der Waals surface area contributed by atoms with Crippen molar-refractivity contribution in [2.45, 2.75) is 19.4 Å². The molecule has 1 heterocycles. The van der Waals surface area contributed by atoms with E-state index >= 15 is 0 Å². The smallest absolute Gasteiger partial charge is 0.193 e. The van der Waals surface area contributed by atoms with Crippen molar-refractivity contribution < 1.29 is 4.39 Å². The molecule has 0 saturated carbocycles. The zero-order chi connectivity index (χ0) is 17.5. The van der Waals surface area contributed by atoms with E-state index in [0.29, 0.717) is 6.42 Å². The third kappa shape index (κ3) is 5.33. The summed E-state index contributed by atoms with van der Waals surface area (Å²) in [5.74, 6) is 0.651. The summed E-state index contributed by atoms with van der Waals surface area (Å²) in [7, 11) is 5.64.